The molecule has 1 saturated heterocycles. The number of morpholine rings is 1. The predicted molar refractivity (Wildman–Crippen MR) is 88.1 cm³/mol. The van der Waals surface area contributed by atoms with Crippen LogP contribution in [0.2, 0.25) is 0 Å². The van der Waals surface area contributed by atoms with Crippen molar-refractivity contribution in [1.82, 2.24) is 19.7 Å². The minimum Gasteiger partial charge on any atom is -0.493 e. The van der Waals surface area contributed by atoms with E-state index in [0.29, 0.717) is 36.2 Å². The summed E-state index contributed by atoms with van der Waals surface area (Å²) in [5.41, 5.74) is 0.402. The first-order valence-electron chi connectivity index (χ1n) is 7.87. The average Bonchev–Trinajstić information content (AvgIpc) is 3.02. The van der Waals surface area contributed by atoms with E-state index in [4.69, 9.17) is 14.2 Å². The van der Waals surface area contributed by atoms with Crippen LogP contribution >= 0.6 is 0 Å². The minimum atomic E-state index is -0.280. The van der Waals surface area contributed by atoms with Gasteiger partial charge in [0.2, 0.25) is 0 Å². The van der Waals surface area contributed by atoms with Gasteiger partial charge in [-0.3, -0.25) is 4.90 Å². The molecule has 1 aliphatic rings. The lowest BCUT2D eigenvalue weighted by Gasteiger charge is -2.31. The Bertz CT molecular complexity index is 749. The van der Waals surface area contributed by atoms with Gasteiger partial charge in [-0.15, -0.1) is 0 Å². The molecule has 0 aliphatic carbocycles. The van der Waals surface area contributed by atoms with E-state index in [1.54, 1.807) is 30.9 Å². The van der Waals surface area contributed by atoms with Crippen LogP contribution in [-0.4, -0.2) is 60.2 Å². The first-order chi connectivity index (χ1) is 11.7. The summed E-state index contributed by atoms with van der Waals surface area (Å²) in [5, 5.41) is 6.79. The number of aromatic nitrogens is 3. The molecule has 8 heteroatoms. The standard InChI is InChI=1S/C16H22N4O4/c1-11(19-6-8-24-9-7-19)15-17-18-16(21)20(15)12-4-5-13(22-2)14(10-12)23-3/h4-5,10-11H,6-9H2,1-3H3,(H,18,21). The molecule has 1 fully saturated rings. The van der Waals surface area contributed by atoms with Crippen molar-refractivity contribution in [2.45, 2.75) is 13.0 Å². The molecule has 8 nitrogen and oxygen atoms in total. The van der Waals surface area contributed by atoms with Gasteiger partial charge >= 0.3 is 5.69 Å². The normalized spacial score (nSPS) is 16.8. The highest BCUT2D eigenvalue weighted by molar-refractivity contribution is 5.49. The third-order valence-corrected chi connectivity index (χ3v) is 4.29. The van der Waals surface area contributed by atoms with Crippen molar-refractivity contribution >= 4 is 0 Å². The highest BCUT2D eigenvalue weighted by Crippen LogP contribution is 2.30. The molecule has 1 N–H and O–H groups in total. The highest BCUT2D eigenvalue weighted by atomic mass is 16.5. The molecule has 2 aromatic rings. The lowest BCUT2D eigenvalue weighted by Crippen LogP contribution is -2.39. The summed E-state index contributed by atoms with van der Waals surface area (Å²) < 4.78 is 17.6. The molecule has 24 heavy (non-hydrogen) atoms. The molecular weight excluding hydrogens is 312 g/mol. The zero-order chi connectivity index (χ0) is 17.1. The van der Waals surface area contributed by atoms with Crippen LogP contribution in [0.5, 0.6) is 11.5 Å². The van der Waals surface area contributed by atoms with Gasteiger partial charge in [-0.2, -0.15) is 5.10 Å². The van der Waals surface area contributed by atoms with Crippen molar-refractivity contribution in [2.24, 2.45) is 0 Å². The van der Waals surface area contributed by atoms with Crippen molar-refractivity contribution in [1.29, 1.82) is 0 Å². The Hall–Kier alpha value is -2.32. The second-order valence-electron chi connectivity index (χ2n) is 5.59. The summed E-state index contributed by atoms with van der Waals surface area (Å²) >= 11 is 0. The number of hydrogen-bond acceptors (Lipinski definition) is 6. The van der Waals surface area contributed by atoms with E-state index in [-0.39, 0.29) is 11.7 Å². The molecule has 1 atom stereocenters. The van der Waals surface area contributed by atoms with Crippen LogP contribution in [0.1, 0.15) is 18.8 Å². The summed E-state index contributed by atoms with van der Waals surface area (Å²) in [6.07, 6.45) is 0. The molecule has 3 rings (SSSR count). The molecule has 0 bridgehead atoms. The van der Waals surface area contributed by atoms with Crippen molar-refractivity contribution in [3.63, 3.8) is 0 Å². The number of ether oxygens (including phenoxy) is 3. The summed E-state index contributed by atoms with van der Waals surface area (Å²) in [7, 11) is 3.14. The Morgan fingerprint density at radius 1 is 1.21 bits per heavy atom. The Morgan fingerprint density at radius 2 is 1.92 bits per heavy atom. The van der Waals surface area contributed by atoms with Crippen molar-refractivity contribution in [3.05, 3.63) is 34.5 Å². The number of methoxy groups -OCH3 is 2. The number of hydrogen-bond donors (Lipinski definition) is 1. The molecule has 0 radical (unpaired) electrons. The SMILES string of the molecule is COc1ccc(-n2c(C(C)N3CCOCC3)n[nH]c2=O)cc1OC. The van der Waals surface area contributed by atoms with Crippen LogP contribution in [-0.2, 0) is 4.74 Å². The van der Waals surface area contributed by atoms with E-state index in [2.05, 4.69) is 15.1 Å². The maximum atomic E-state index is 12.3. The second-order valence-corrected chi connectivity index (χ2v) is 5.59. The van der Waals surface area contributed by atoms with E-state index >= 15 is 0 Å². The number of aromatic amines is 1. The van der Waals surface area contributed by atoms with Gasteiger partial charge in [-0.05, 0) is 19.1 Å². The fourth-order valence-electron chi connectivity index (χ4n) is 2.93. The van der Waals surface area contributed by atoms with E-state index < -0.39 is 0 Å². The molecule has 1 aliphatic heterocycles. The first-order valence-corrected chi connectivity index (χ1v) is 7.87. The number of benzene rings is 1. The largest absolute Gasteiger partial charge is 0.493 e. The number of rotatable bonds is 5. The zero-order valence-electron chi connectivity index (χ0n) is 14.1. The Labute approximate surface area is 139 Å². The fourth-order valence-corrected chi connectivity index (χ4v) is 2.93. The number of nitrogens with one attached hydrogen (secondary N) is 1. The molecule has 1 aromatic heterocycles. The molecular formula is C16H22N4O4. The Morgan fingerprint density at radius 3 is 2.58 bits per heavy atom. The van der Waals surface area contributed by atoms with Crippen LogP contribution in [0.15, 0.2) is 23.0 Å². The van der Waals surface area contributed by atoms with Gasteiger partial charge in [-0.25, -0.2) is 14.5 Å². The average molecular weight is 334 g/mol. The van der Waals surface area contributed by atoms with Crippen LogP contribution < -0.4 is 15.2 Å². The van der Waals surface area contributed by atoms with Crippen LogP contribution in [0.25, 0.3) is 5.69 Å². The summed E-state index contributed by atoms with van der Waals surface area (Å²) in [6.45, 7) is 5.05. The smallest absolute Gasteiger partial charge is 0.347 e. The van der Waals surface area contributed by atoms with E-state index in [1.807, 2.05) is 13.0 Å². The first kappa shape index (κ1) is 16.5. The van der Waals surface area contributed by atoms with Gasteiger partial charge in [0.25, 0.3) is 0 Å². The Balaban J connectivity index is 1.99. The topological polar surface area (TPSA) is 81.6 Å². The lowest BCUT2D eigenvalue weighted by atomic mass is 10.2. The van der Waals surface area contributed by atoms with Gasteiger partial charge in [0.05, 0.1) is 39.2 Å². The number of H-pyrrole nitrogens is 1. The third-order valence-electron chi connectivity index (χ3n) is 4.29. The van der Waals surface area contributed by atoms with Crippen molar-refractivity contribution < 1.29 is 14.2 Å². The van der Waals surface area contributed by atoms with Crippen LogP contribution in [0.3, 0.4) is 0 Å². The molecule has 2 heterocycles. The lowest BCUT2D eigenvalue weighted by molar-refractivity contribution is 0.0178. The van der Waals surface area contributed by atoms with Crippen LogP contribution in [0, 0.1) is 0 Å². The molecule has 0 saturated carbocycles. The molecule has 0 spiro atoms. The summed E-state index contributed by atoms with van der Waals surface area (Å²) in [4.78, 5) is 14.6. The van der Waals surface area contributed by atoms with Gasteiger partial charge in [-0.1, -0.05) is 0 Å². The zero-order valence-corrected chi connectivity index (χ0v) is 14.1. The molecule has 130 valence electrons. The predicted octanol–water partition coefficient (Wildman–Crippen LogP) is 0.971. The monoisotopic (exact) mass is 334 g/mol. The van der Waals surface area contributed by atoms with Gasteiger partial charge in [0, 0.05) is 19.2 Å². The fraction of sp³-hybridized carbons (Fsp3) is 0.500. The highest BCUT2D eigenvalue weighted by Gasteiger charge is 2.24. The van der Waals surface area contributed by atoms with E-state index in [1.165, 1.54) is 0 Å². The van der Waals surface area contributed by atoms with Gasteiger partial charge in [0.15, 0.2) is 17.3 Å². The van der Waals surface area contributed by atoms with E-state index in [0.717, 1.165) is 13.1 Å². The van der Waals surface area contributed by atoms with Crippen molar-refractivity contribution in [2.75, 3.05) is 40.5 Å². The maximum Gasteiger partial charge on any atom is 0.347 e. The Kier molecular flexibility index (Phi) is 4.86. The van der Waals surface area contributed by atoms with Gasteiger partial charge in [0.1, 0.15) is 0 Å². The molecule has 1 aromatic carbocycles. The number of nitrogens with zero attached hydrogens (tertiary/aromatic N) is 3. The minimum absolute atomic E-state index is 0.0130. The third kappa shape index (κ3) is 3.02. The van der Waals surface area contributed by atoms with E-state index in [9.17, 15) is 4.79 Å². The van der Waals surface area contributed by atoms with Crippen LogP contribution in [0.4, 0.5) is 0 Å². The summed E-state index contributed by atoms with van der Waals surface area (Å²) in [5.74, 6) is 1.84. The molecule has 1 unspecified atom stereocenters. The molecule has 0 amide bonds. The second kappa shape index (κ2) is 7.06. The summed E-state index contributed by atoms with van der Waals surface area (Å²) in [6, 6.07) is 5.34. The van der Waals surface area contributed by atoms with Crippen molar-refractivity contribution in [3.8, 4) is 17.2 Å². The maximum absolute atomic E-state index is 12.3. The van der Waals surface area contributed by atoms with Gasteiger partial charge < -0.3 is 14.2 Å². The quantitative estimate of drug-likeness (QED) is 0.877.